The highest BCUT2D eigenvalue weighted by Crippen LogP contribution is 2.42. The van der Waals surface area contributed by atoms with Crippen LogP contribution in [-0.4, -0.2) is 14.5 Å². The number of allylic oxidation sites excluding steroid dienone is 8. The highest BCUT2D eigenvalue weighted by atomic mass is 32.1. The van der Waals surface area contributed by atoms with Crippen LogP contribution in [0.1, 0.15) is 44.2 Å². The Hall–Kier alpha value is -6.10. The van der Waals surface area contributed by atoms with Crippen molar-refractivity contribution in [1.82, 2.24) is 14.5 Å². The van der Waals surface area contributed by atoms with Gasteiger partial charge in [-0.05, 0) is 95.6 Å². The van der Waals surface area contributed by atoms with Gasteiger partial charge in [-0.3, -0.25) is 0 Å². The number of fused-ring (bicyclic) bond motifs is 9. The van der Waals surface area contributed by atoms with Gasteiger partial charge in [0.05, 0.1) is 17.3 Å². The summed E-state index contributed by atoms with van der Waals surface area (Å²) in [5, 5.41) is 9.00. The van der Waals surface area contributed by atoms with E-state index in [0.717, 1.165) is 40.8 Å². The topological polar surface area (TPSA) is 30.7 Å². The minimum Gasteiger partial charge on any atom is -0.333 e. The number of hydrogen-bond acceptors (Lipinski definition) is 3. The van der Waals surface area contributed by atoms with Crippen molar-refractivity contribution in [1.29, 1.82) is 0 Å². The van der Waals surface area contributed by atoms with Crippen LogP contribution in [0.25, 0.3) is 85.9 Å². The summed E-state index contributed by atoms with van der Waals surface area (Å²) in [6, 6.07) is 44.8. The van der Waals surface area contributed by atoms with E-state index < -0.39 is 0 Å². The predicted octanol–water partition coefficient (Wildman–Crippen LogP) is 13.9. The van der Waals surface area contributed by atoms with Crippen molar-refractivity contribution in [2.75, 3.05) is 0 Å². The molecule has 3 nitrogen and oxygen atoms in total. The molecule has 2 aliphatic rings. The number of aromatic nitrogens is 3. The summed E-state index contributed by atoms with van der Waals surface area (Å²) in [6.45, 7) is 4.48. The van der Waals surface area contributed by atoms with Crippen LogP contribution in [0, 0.1) is 5.92 Å². The molecule has 0 amide bonds. The van der Waals surface area contributed by atoms with E-state index in [0.29, 0.717) is 5.92 Å². The minimum atomic E-state index is 0.179. The summed E-state index contributed by atoms with van der Waals surface area (Å²) < 4.78 is 5.20. The molecule has 11 rings (SSSR count). The molecule has 6 aromatic carbocycles. The first-order valence-electron chi connectivity index (χ1n) is 19.0. The fraction of sp³-hybridized carbons (Fsp3) is 0.120. The Labute approximate surface area is 317 Å². The number of hydrogen-bond donors (Lipinski definition) is 0. The van der Waals surface area contributed by atoms with Gasteiger partial charge in [0.15, 0.2) is 5.82 Å². The van der Waals surface area contributed by atoms with E-state index >= 15 is 0 Å². The van der Waals surface area contributed by atoms with Gasteiger partial charge in [-0.1, -0.05) is 122 Å². The lowest BCUT2D eigenvalue weighted by atomic mass is 9.89. The van der Waals surface area contributed by atoms with Crippen LogP contribution in [0.3, 0.4) is 0 Å². The van der Waals surface area contributed by atoms with E-state index in [1.54, 1.807) is 0 Å². The molecular formula is C50H37N3S. The number of nitrogens with zero attached hydrogens (tertiary/aromatic N) is 3. The summed E-state index contributed by atoms with van der Waals surface area (Å²) >= 11 is 1.88. The second kappa shape index (κ2) is 12.2. The van der Waals surface area contributed by atoms with Crippen molar-refractivity contribution < 1.29 is 0 Å². The summed E-state index contributed by atoms with van der Waals surface area (Å²) in [5.74, 6) is 1.29. The van der Waals surface area contributed by atoms with Crippen LogP contribution in [-0.2, 0) is 0 Å². The van der Waals surface area contributed by atoms with Gasteiger partial charge in [0, 0.05) is 52.9 Å². The molecule has 2 aliphatic carbocycles. The SMILES string of the molecule is CC1=CC(C)CC(c2nc(C3=CCC(n4c5ccccc5c5cc(-c6ccc7sc8ccc9ccccc9c8c7c6)ccc54)C=C3)nc3ccccc23)=C1. The average molecular weight is 712 g/mol. The largest absolute Gasteiger partial charge is 0.333 e. The molecule has 0 radical (unpaired) electrons. The van der Waals surface area contributed by atoms with Crippen molar-refractivity contribution in [2.24, 2.45) is 5.92 Å². The predicted molar refractivity (Wildman–Crippen MR) is 231 cm³/mol. The van der Waals surface area contributed by atoms with E-state index in [1.165, 1.54) is 75.0 Å². The van der Waals surface area contributed by atoms with E-state index in [4.69, 9.17) is 9.97 Å². The third-order valence-electron chi connectivity index (χ3n) is 11.5. The second-order valence-corrected chi connectivity index (χ2v) is 16.2. The summed E-state index contributed by atoms with van der Waals surface area (Å²) in [6.07, 6.45) is 13.4. The molecule has 2 unspecified atom stereocenters. The Morgan fingerprint density at radius 2 is 1.43 bits per heavy atom. The van der Waals surface area contributed by atoms with Gasteiger partial charge in [-0.15, -0.1) is 11.3 Å². The lowest BCUT2D eigenvalue weighted by Crippen LogP contribution is -2.09. The van der Waals surface area contributed by atoms with Gasteiger partial charge < -0.3 is 4.57 Å². The van der Waals surface area contributed by atoms with Gasteiger partial charge in [-0.2, -0.15) is 0 Å². The Morgan fingerprint density at radius 1 is 0.685 bits per heavy atom. The first-order chi connectivity index (χ1) is 26.6. The molecule has 0 N–H and O–H groups in total. The molecule has 0 fully saturated rings. The third-order valence-corrected chi connectivity index (χ3v) is 12.6. The second-order valence-electron chi connectivity index (χ2n) is 15.1. The van der Waals surface area contributed by atoms with Gasteiger partial charge in [0.25, 0.3) is 0 Å². The van der Waals surface area contributed by atoms with Crippen LogP contribution in [0.4, 0.5) is 0 Å². The van der Waals surface area contributed by atoms with Crippen LogP contribution in [0.2, 0.25) is 0 Å². The van der Waals surface area contributed by atoms with Gasteiger partial charge >= 0.3 is 0 Å². The maximum Gasteiger partial charge on any atom is 0.160 e. The number of benzene rings is 6. The van der Waals surface area contributed by atoms with Crippen molar-refractivity contribution in [3.8, 4) is 11.1 Å². The molecule has 0 saturated carbocycles. The summed E-state index contributed by atoms with van der Waals surface area (Å²) in [5.41, 5.74) is 10.7. The number of para-hydroxylation sites is 2. The Morgan fingerprint density at radius 3 is 2.28 bits per heavy atom. The monoisotopic (exact) mass is 711 g/mol. The zero-order chi connectivity index (χ0) is 35.9. The highest BCUT2D eigenvalue weighted by Gasteiger charge is 2.22. The summed E-state index contributed by atoms with van der Waals surface area (Å²) in [4.78, 5) is 10.3. The normalized spacial score (nSPS) is 17.6. The van der Waals surface area contributed by atoms with Crippen molar-refractivity contribution >= 4 is 86.1 Å². The molecule has 9 aromatic rings. The molecular weight excluding hydrogens is 675 g/mol. The standard InChI is InChI=1S/C50H37N3S/c1-30-25-31(2)27-36(26-30)49-40-12-5-7-13-43(40)51-50(52-49)33-15-20-37(21-16-33)53-44-14-8-6-11-39(44)41-28-34(17-22-45(41)53)35-19-23-46-42(29-35)48-38-10-4-3-9-32(38)18-24-47(48)54-46/h3-20,22-26,28-29,31,37H,21,27H2,1-2H3. The first kappa shape index (κ1) is 31.4. The Kier molecular flexibility index (Phi) is 7.12. The quantitative estimate of drug-likeness (QED) is 0.182. The van der Waals surface area contributed by atoms with Gasteiger partial charge in [0.1, 0.15) is 0 Å². The van der Waals surface area contributed by atoms with E-state index in [-0.39, 0.29) is 6.04 Å². The van der Waals surface area contributed by atoms with Crippen LogP contribution < -0.4 is 0 Å². The van der Waals surface area contributed by atoms with Gasteiger partial charge in [-0.25, -0.2) is 9.97 Å². The first-order valence-corrected chi connectivity index (χ1v) is 19.8. The van der Waals surface area contributed by atoms with E-state index in [9.17, 15) is 0 Å². The lowest BCUT2D eigenvalue weighted by molar-refractivity contribution is 0.649. The molecule has 4 heteroatoms. The van der Waals surface area contributed by atoms with E-state index in [2.05, 4.69) is 170 Å². The zero-order valence-corrected chi connectivity index (χ0v) is 31.1. The third kappa shape index (κ3) is 5.01. The Bertz CT molecular complexity index is 3150. The molecule has 0 saturated heterocycles. The Balaban J connectivity index is 0.975. The average Bonchev–Trinajstić information content (AvgIpc) is 3.75. The van der Waals surface area contributed by atoms with Crippen LogP contribution >= 0.6 is 11.3 Å². The highest BCUT2D eigenvalue weighted by molar-refractivity contribution is 7.26. The van der Waals surface area contributed by atoms with E-state index in [1.807, 2.05) is 11.3 Å². The fourth-order valence-electron chi connectivity index (χ4n) is 9.09. The van der Waals surface area contributed by atoms with Gasteiger partial charge in [0.2, 0.25) is 0 Å². The molecule has 3 aromatic heterocycles. The smallest absolute Gasteiger partial charge is 0.160 e. The molecule has 0 bridgehead atoms. The molecule has 0 spiro atoms. The van der Waals surface area contributed by atoms with Crippen LogP contribution in [0.5, 0.6) is 0 Å². The van der Waals surface area contributed by atoms with Crippen molar-refractivity contribution in [2.45, 2.75) is 32.7 Å². The minimum absolute atomic E-state index is 0.179. The molecule has 0 aliphatic heterocycles. The summed E-state index contributed by atoms with van der Waals surface area (Å²) in [7, 11) is 0. The lowest BCUT2D eigenvalue weighted by Gasteiger charge is -2.21. The maximum absolute atomic E-state index is 5.26. The fourth-order valence-corrected chi connectivity index (χ4v) is 10.2. The van der Waals surface area contributed by atoms with Crippen molar-refractivity contribution in [3.05, 3.63) is 169 Å². The molecule has 54 heavy (non-hydrogen) atoms. The molecule has 258 valence electrons. The number of rotatable bonds is 4. The molecule has 3 heterocycles. The maximum atomic E-state index is 5.26. The number of thiophene rings is 1. The molecule has 2 atom stereocenters. The van der Waals surface area contributed by atoms with Crippen molar-refractivity contribution in [3.63, 3.8) is 0 Å². The van der Waals surface area contributed by atoms with Crippen LogP contribution in [0.15, 0.2) is 157 Å². The zero-order valence-electron chi connectivity index (χ0n) is 30.3.